The molecule has 1 N–H and O–H groups in total. The molecule has 1 heterocycles. The Hall–Kier alpha value is -1.82. The van der Waals surface area contributed by atoms with Crippen LogP contribution in [0, 0.1) is 0 Å². The molecule has 1 amide bonds. The third-order valence-corrected chi connectivity index (χ3v) is 5.04. The van der Waals surface area contributed by atoms with Crippen molar-refractivity contribution in [1.82, 2.24) is 20.1 Å². The largest absolute Gasteiger partial charge is 0.351 e. The van der Waals surface area contributed by atoms with E-state index in [0.29, 0.717) is 12.6 Å². The lowest BCUT2D eigenvalue weighted by atomic mass is 10.2. The fraction of sp³-hybridized carbons (Fsp3) is 0.438. The van der Waals surface area contributed by atoms with Crippen molar-refractivity contribution in [3.63, 3.8) is 0 Å². The van der Waals surface area contributed by atoms with Crippen LogP contribution >= 0.6 is 11.8 Å². The first kappa shape index (κ1) is 15.1. The van der Waals surface area contributed by atoms with Gasteiger partial charge in [-0.2, -0.15) is 0 Å². The average molecular weight is 316 g/mol. The molecular formula is C16H20N4OS. The number of amides is 1. The molecule has 22 heavy (non-hydrogen) atoms. The van der Waals surface area contributed by atoms with Gasteiger partial charge in [0, 0.05) is 12.6 Å². The highest BCUT2D eigenvalue weighted by Crippen LogP contribution is 2.38. The Morgan fingerprint density at radius 3 is 2.86 bits per heavy atom. The minimum Gasteiger partial charge on any atom is -0.351 e. The number of thioether (sulfide) groups is 1. The summed E-state index contributed by atoms with van der Waals surface area (Å²) in [7, 11) is 0. The summed E-state index contributed by atoms with van der Waals surface area (Å²) < 4.78 is 2.10. The predicted octanol–water partition coefficient (Wildman–Crippen LogP) is 2.80. The average Bonchev–Trinajstić information content (AvgIpc) is 3.30. The van der Waals surface area contributed by atoms with Gasteiger partial charge in [-0.3, -0.25) is 4.79 Å². The molecule has 0 radical (unpaired) electrons. The van der Waals surface area contributed by atoms with E-state index in [1.807, 2.05) is 37.3 Å². The molecule has 6 heteroatoms. The summed E-state index contributed by atoms with van der Waals surface area (Å²) in [5.41, 5.74) is 1.11. The van der Waals surface area contributed by atoms with Crippen molar-refractivity contribution in [3.05, 3.63) is 42.2 Å². The summed E-state index contributed by atoms with van der Waals surface area (Å²) in [6.45, 7) is 2.59. The summed E-state index contributed by atoms with van der Waals surface area (Å²) in [6.07, 6.45) is 4.91. The third kappa shape index (κ3) is 3.68. The Kier molecular flexibility index (Phi) is 4.77. The smallest absolute Gasteiger partial charge is 0.233 e. The number of nitrogens with zero attached hydrogens (tertiary/aromatic N) is 3. The number of carbonyl (C=O) groups is 1. The molecule has 0 spiro atoms. The van der Waals surface area contributed by atoms with Crippen molar-refractivity contribution < 1.29 is 4.79 Å². The first-order chi connectivity index (χ1) is 10.8. The molecule has 2 aromatic rings. The van der Waals surface area contributed by atoms with E-state index in [2.05, 4.69) is 20.1 Å². The number of nitrogens with one attached hydrogen (secondary N) is 1. The molecule has 116 valence electrons. The van der Waals surface area contributed by atoms with Crippen LogP contribution < -0.4 is 5.32 Å². The van der Waals surface area contributed by atoms with Gasteiger partial charge < -0.3 is 9.88 Å². The van der Waals surface area contributed by atoms with Gasteiger partial charge in [0.05, 0.1) is 5.25 Å². The second kappa shape index (κ2) is 6.96. The zero-order chi connectivity index (χ0) is 15.4. The molecule has 3 rings (SSSR count). The monoisotopic (exact) mass is 316 g/mol. The summed E-state index contributed by atoms with van der Waals surface area (Å²) in [5, 5.41) is 11.9. The first-order valence-corrected chi connectivity index (χ1v) is 8.53. The first-order valence-electron chi connectivity index (χ1n) is 7.65. The van der Waals surface area contributed by atoms with E-state index in [9.17, 15) is 4.79 Å². The molecule has 0 aliphatic heterocycles. The Labute approximate surface area is 134 Å². The van der Waals surface area contributed by atoms with Gasteiger partial charge in [0.2, 0.25) is 5.91 Å². The van der Waals surface area contributed by atoms with Crippen LogP contribution in [0.5, 0.6) is 0 Å². The second-order valence-corrected chi connectivity index (χ2v) is 6.64. The minimum absolute atomic E-state index is 0.0571. The Bertz CT molecular complexity index is 624. The van der Waals surface area contributed by atoms with Gasteiger partial charge in [-0.15, -0.1) is 10.2 Å². The number of rotatable bonds is 7. The molecule has 1 aromatic heterocycles. The van der Waals surface area contributed by atoms with E-state index in [-0.39, 0.29) is 11.2 Å². The molecule has 1 unspecified atom stereocenters. The Balaban J connectivity index is 1.58. The van der Waals surface area contributed by atoms with Gasteiger partial charge in [0.25, 0.3) is 0 Å². The van der Waals surface area contributed by atoms with Gasteiger partial charge in [0.1, 0.15) is 6.33 Å². The quantitative estimate of drug-likeness (QED) is 0.798. The highest BCUT2D eigenvalue weighted by atomic mass is 32.2. The molecular weight excluding hydrogens is 296 g/mol. The van der Waals surface area contributed by atoms with Crippen molar-refractivity contribution in [2.45, 2.75) is 49.2 Å². The van der Waals surface area contributed by atoms with E-state index < -0.39 is 0 Å². The van der Waals surface area contributed by atoms with E-state index in [4.69, 9.17) is 0 Å². The maximum Gasteiger partial charge on any atom is 0.233 e. The fourth-order valence-corrected chi connectivity index (χ4v) is 3.29. The molecule has 1 atom stereocenters. The van der Waals surface area contributed by atoms with Gasteiger partial charge >= 0.3 is 0 Å². The number of hydrogen-bond donors (Lipinski definition) is 1. The predicted molar refractivity (Wildman–Crippen MR) is 86.5 cm³/mol. The van der Waals surface area contributed by atoms with Crippen LogP contribution in [-0.2, 0) is 11.3 Å². The second-order valence-electron chi connectivity index (χ2n) is 5.47. The van der Waals surface area contributed by atoms with Crippen molar-refractivity contribution >= 4 is 17.7 Å². The minimum atomic E-state index is -0.134. The molecule has 1 fully saturated rings. The lowest BCUT2D eigenvalue weighted by Crippen LogP contribution is -2.32. The lowest BCUT2D eigenvalue weighted by molar-refractivity contribution is -0.120. The van der Waals surface area contributed by atoms with Crippen molar-refractivity contribution in [1.29, 1.82) is 0 Å². The maximum absolute atomic E-state index is 12.4. The molecule has 0 saturated heterocycles. The molecule has 1 aliphatic carbocycles. The van der Waals surface area contributed by atoms with E-state index >= 15 is 0 Å². The van der Waals surface area contributed by atoms with Crippen LogP contribution in [0.15, 0.2) is 41.8 Å². The Morgan fingerprint density at radius 2 is 2.18 bits per heavy atom. The number of benzene rings is 1. The zero-order valence-corrected chi connectivity index (χ0v) is 13.4. The standard InChI is InChI=1S/C16H20N4OS/c1-2-14(15(21)17-10-12-6-4-3-5-7-12)22-16-19-18-11-20(16)13-8-9-13/h3-7,11,13-14H,2,8-10H2,1H3,(H,17,21). The number of carbonyl (C=O) groups excluding carboxylic acids is 1. The topological polar surface area (TPSA) is 59.8 Å². The number of hydrogen-bond acceptors (Lipinski definition) is 4. The van der Waals surface area contributed by atoms with Gasteiger partial charge in [0.15, 0.2) is 5.16 Å². The van der Waals surface area contributed by atoms with Crippen LogP contribution in [0.4, 0.5) is 0 Å². The summed E-state index contributed by atoms with van der Waals surface area (Å²) in [4.78, 5) is 12.4. The molecule has 1 saturated carbocycles. The fourth-order valence-electron chi connectivity index (χ4n) is 2.27. The van der Waals surface area contributed by atoms with Crippen molar-refractivity contribution in [2.24, 2.45) is 0 Å². The SMILES string of the molecule is CCC(Sc1nncn1C1CC1)C(=O)NCc1ccccc1. The molecule has 1 aromatic carbocycles. The van der Waals surface area contributed by atoms with E-state index in [1.54, 1.807) is 6.33 Å². The van der Waals surface area contributed by atoms with Crippen molar-refractivity contribution in [3.8, 4) is 0 Å². The normalized spacial score (nSPS) is 15.5. The van der Waals surface area contributed by atoms with Crippen LogP contribution in [-0.4, -0.2) is 25.9 Å². The third-order valence-electron chi connectivity index (χ3n) is 3.70. The number of aromatic nitrogens is 3. The van der Waals surface area contributed by atoms with Crippen LogP contribution in [0.2, 0.25) is 0 Å². The molecule has 0 bridgehead atoms. The summed E-state index contributed by atoms with van der Waals surface area (Å²) >= 11 is 1.51. The van der Waals surface area contributed by atoms with Gasteiger partial charge in [-0.1, -0.05) is 49.0 Å². The van der Waals surface area contributed by atoms with Crippen LogP contribution in [0.1, 0.15) is 37.8 Å². The van der Waals surface area contributed by atoms with Gasteiger partial charge in [-0.05, 0) is 24.8 Å². The molecule has 1 aliphatic rings. The van der Waals surface area contributed by atoms with E-state index in [1.165, 1.54) is 24.6 Å². The van der Waals surface area contributed by atoms with Crippen LogP contribution in [0.3, 0.4) is 0 Å². The molecule has 5 nitrogen and oxygen atoms in total. The van der Waals surface area contributed by atoms with Crippen molar-refractivity contribution in [2.75, 3.05) is 0 Å². The van der Waals surface area contributed by atoms with Crippen LogP contribution in [0.25, 0.3) is 0 Å². The zero-order valence-electron chi connectivity index (χ0n) is 12.6. The maximum atomic E-state index is 12.4. The highest BCUT2D eigenvalue weighted by molar-refractivity contribution is 8.00. The highest BCUT2D eigenvalue weighted by Gasteiger charge is 2.28. The summed E-state index contributed by atoms with van der Waals surface area (Å²) in [6, 6.07) is 10.5. The van der Waals surface area contributed by atoms with Gasteiger partial charge in [-0.25, -0.2) is 0 Å². The van der Waals surface area contributed by atoms with E-state index in [0.717, 1.165) is 17.1 Å². The lowest BCUT2D eigenvalue weighted by Gasteiger charge is -2.14. The summed E-state index contributed by atoms with van der Waals surface area (Å²) in [5.74, 6) is 0.0571. The Morgan fingerprint density at radius 1 is 1.41 bits per heavy atom.